The second-order valence-corrected chi connectivity index (χ2v) is 4.08. The van der Waals surface area contributed by atoms with E-state index in [1.165, 1.54) is 5.56 Å². The second-order valence-electron chi connectivity index (χ2n) is 4.08. The molecule has 0 saturated carbocycles. The first-order valence-corrected chi connectivity index (χ1v) is 5.68. The molecule has 92 valence electrons. The minimum atomic E-state index is -0.238. The van der Waals surface area contributed by atoms with E-state index in [9.17, 15) is 9.59 Å². The van der Waals surface area contributed by atoms with Crippen LogP contribution in [-0.2, 0) is 9.59 Å². The van der Waals surface area contributed by atoms with Crippen LogP contribution in [0.5, 0.6) is 0 Å². The Balaban J connectivity index is 2.39. The molecule has 0 aliphatic carbocycles. The fourth-order valence-corrected chi connectivity index (χ4v) is 1.56. The minimum absolute atomic E-state index is 0.188. The Morgan fingerprint density at radius 2 is 2.12 bits per heavy atom. The fourth-order valence-electron chi connectivity index (χ4n) is 1.56. The number of rotatable bonds is 6. The average Bonchev–Trinajstić information content (AvgIpc) is 2.30. The van der Waals surface area contributed by atoms with Crippen LogP contribution in [0.25, 0.3) is 0 Å². The number of anilines is 1. The van der Waals surface area contributed by atoms with E-state index in [0.717, 1.165) is 5.69 Å². The number of amides is 2. The van der Waals surface area contributed by atoms with Crippen LogP contribution in [0.15, 0.2) is 24.3 Å². The zero-order chi connectivity index (χ0) is 12.7. The number of carbonyl (C=O) groups is 2. The van der Waals surface area contributed by atoms with E-state index < -0.39 is 0 Å². The third kappa shape index (κ3) is 4.68. The molecule has 2 N–H and O–H groups in total. The molecule has 4 nitrogen and oxygen atoms in total. The molecule has 0 radical (unpaired) electrons. The molecular weight excluding hydrogens is 216 g/mol. The minimum Gasteiger partial charge on any atom is -0.382 e. The monoisotopic (exact) mass is 234 g/mol. The van der Waals surface area contributed by atoms with Crippen LogP contribution < -0.4 is 10.6 Å². The molecule has 0 aliphatic rings. The number of para-hydroxylation sites is 1. The summed E-state index contributed by atoms with van der Waals surface area (Å²) >= 11 is 0. The van der Waals surface area contributed by atoms with Crippen molar-refractivity contribution in [2.45, 2.75) is 32.7 Å². The Hall–Kier alpha value is -1.84. The Morgan fingerprint density at radius 3 is 2.76 bits per heavy atom. The molecule has 1 rings (SSSR count). The van der Waals surface area contributed by atoms with Crippen molar-refractivity contribution >= 4 is 18.0 Å². The molecular formula is C13H18N2O2. The molecule has 0 bridgehead atoms. The summed E-state index contributed by atoms with van der Waals surface area (Å²) in [7, 11) is 0. The van der Waals surface area contributed by atoms with Crippen molar-refractivity contribution in [2.24, 2.45) is 0 Å². The van der Waals surface area contributed by atoms with Crippen LogP contribution in [0.4, 0.5) is 5.69 Å². The first kappa shape index (κ1) is 13.2. The molecule has 0 saturated heterocycles. The van der Waals surface area contributed by atoms with E-state index in [2.05, 4.69) is 10.6 Å². The topological polar surface area (TPSA) is 58.2 Å². The predicted octanol–water partition coefficient (Wildman–Crippen LogP) is 1.85. The molecule has 1 unspecified atom stereocenters. The number of aryl methyl sites for hydroxylation is 1. The van der Waals surface area contributed by atoms with Crippen LogP contribution in [0.3, 0.4) is 0 Å². The standard InChI is InChI=1S/C13H18N2O2/c1-10-5-3-4-6-12(10)15-11(2)7-8-13(17)14-9-16/h3-6,9,11,15H,7-8H2,1-2H3,(H,14,16,17). The molecule has 1 aromatic rings. The van der Waals surface area contributed by atoms with Gasteiger partial charge in [-0.2, -0.15) is 0 Å². The van der Waals surface area contributed by atoms with E-state index in [1.54, 1.807) is 0 Å². The summed E-state index contributed by atoms with van der Waals surface area (Å²) in [6, 6.07) is 8.20. The summed E-state index contributed by atoms with van der Waals surface area (Å²) in [5, 5.41) is 5.47. The summed E-state index contributed by atoms with van der Waals surface area (Å²) in [6.07, 6.45) is 1.45. The van der Waals surface area contributed by atoms with Crippen LogP contribution in [-0.4, -0.2) is 18.4 Å². The molecule has 0 aliphatic heterocycles. The number of imide groups is 1. The Labute approximate surface area is 101 Å². The van der Waals surface area contributed by atoms with Gasteiger partial charge in [-0.15, -0.1) is 0 Å². The second kappa shape index (κ2) is 6.68. The highest BCUT2D eigenvalue weighted by molar-refractivity contribution is 5.85. The van der Waals surface area contributed by atoms with Crippen molar-refractivity contribution in [1.29, 1.82) is 0 Å². The first-order valence-electron chi connectivity index (χ1n) is 5.68. The lowest BCUT2D eigenvalue weighted by atomic mass is 10.1. The van der Waals surface area contributed by atoms with Gasteiger partial charge in [0.2, 0.25) is 12.3 Å². The lowest BCUT2D eigenvalue weighted by molar-refractivity contribution is -0.125. The van der Waals surface area contributed by atoms with Gasteiger partial charge in [-0.3, -0.25) is 14.9 Å². The van der Waals surface area contributed by atoms with Gasteiger partial charge in [0.25, 0.3) is 0 Å². The van der Waals surface area contributed by atoms with E-state index in [-0.39, 0.29) is 11.9 Å². The molecule has 4 heteroatoms. The molecule has 2 amide bonds. The van der Waals surface area contributed by atoms with Crippen LogP contribution in [0, 0.1) is 6.92 Å². The Bertz CT molecular complexity index is 391. The lowest BCUT2D eigenvalue weighted by Gasteiger charge is -2.16. The molecule has 0 spiro atoms. The number of hydrogen-bond donors (Lipinski definition) is 2. The summed E-state index contributed by atoms with van der Waals surface area (Å²) in [5.41, 5.74) is 2.26. The zero-order valence-corrected chi connectivity index (χ0v) is 10.2. The van der Waals surface area contributed by atoms with Gasteiger partial charge >= 0.3 is 0 Å². The van der Waals surface area contributed by atoms with E-state index >= 15 is 0 Å². The maximum absolute atomic E-state index is 11.1. The first-order chi connectivity index (χ1) is 8.13. The Kier molecular flexibility index (Phi) is 5.20. The van der Waals surface area contributed by atoms with Gasteiger partial charge in [0.15, 0.2) is 0 Å². The van der Waals surface area contributed by atoms with Crippen molar-refractivity contribution in [3.63, 3.8) is 0 Å². The van der Waals surface area contributed by atoms with Gasteiger partial charge in [-0.05, 0) is 31.9 Å². The van der Waals surface area contributed by atoms with Crippen molar-refractivity contribution in [3.8, 4) is 0 Å². The lowest BCUT2D eigenvalue weighted by Crippen LogP contribution is -2.24. The molecule has 1 aromatic carbocycles. The highest BCUT2D eigenvalue weighted by Gasteiger charge is 2.06. The smallest absolute Gasteiger partial charge is 0.226 e. The van der Waals surface area contributed by atoms with E-state index in [0.29, 0.717) is 19.3 Å². The largest absolute Gasteiger partial charge is 0.382 e. The summed E-state index contributed by atoms with van der Waals surface area (Å²) in [6.45, 7) is 4.05. The quantitative estimate of drug-likeness (QED) is 0.738. The van der Waals surface area contributed by atoms with Gasteiger partial charge < -0.3 is 5.32 Å². The number of benzene rings is 1. The van der Waals surface area contributed by atoms with Crippen LogP contribution >= 0.6 is 0 Å². The van der Waals surface area contributed by atoms with Gasteiger partial charge in [0.1, 0.15) is 0 Å². The predicted molar refractivity (Wildman–Crippen MR) is 67.7 cm³/mol. The van der Waals surface area contributed by atoms with Crippen molar-refractivity contribution < 1.29 is 9.59 Å². The van der Waals surface area contributed by atoms with E-state index in [4.69, 9.17) is 0 Å². The molecule has 0 aromatic heterocycles. The van der Waals surface area contributed by atoms with Gasteiger partial charge in [-0.25, -0.2) is 0 Å². The van der Waals surface area contributed by atoms with Gasteiger partial charge in [-0.1, -0.05) is 18.2 Å². The summed E-state index contributed by atoms with van der Waals surface area (Å²) in [4.78, 5) is 21.1. The van der Waals surface area contributed by atoms with Crippen molar-refractivity contribution in [1.82, 2.24) is 5.32 Å². The van der Waals surface area contributed by atoms with Gasteiger partial charge in [0, 0.05) is 18.2 Å². The van der Waals surface area contributed by atoms with Gasteiger partial charge in [0.05, 0.1) is 0 Å². The number of hydrogen-bond acceptors (Lipinski definition) is 3. The molecule has 17 heavy (non-hydrogen) atoms. The Morgan fingerprint density at radius 1 is 1.41 bits per heavy atom. The molecule has 1 atom stereocenters. The average molecular weight is 234 g/mol. The van der Waals surface area contributed by atoms with Crippen LogP contribution in [0.2, 0.25) is 0 Å². The highest BCUT2D eigenvalue weighted by atomic mass is 16.2. The maximum Gasteiger partial charge on any atom is 0.226 e. The zero-order valence-electron chi connectivity index (χ0n) is 10.2. The summed E-state index contributed by atoms with van der Waals surface area (Å²) < 4.78 is 0. The number of nitrogens with one attached hydrogen (secondary N) is 2. The highest BCUT2D eigenvalue weighted by Crippen LogP contribution is 2.15. The number of carbonyl (C=O) groups excluding carboxylic acids is 2. The fraction of sp³-hybridized carbons (Fsp3) is 0.385. The SMILES string of the molecule is Cc1ccccc1NC(C)CCC(=O)NC=O. The normalized spacial score (nSPS) is 11.6. The van der Waals surface area contributed by atoms with Crippen LogP contribution in [0.1, 0.15) is 25.3 Å². The van der Waals surface area contributed by atoms with Crippen molar-refractivity contribution in [2.75, 3.05) is 5.32 Å². The van der Waals surface area contributed by atoms with Crippen molar-refractivity contribution in [3.05, 3.63) is 29.8 Å². The third-order valence-corrected chi connectivity index (χ3v) is 2.57. The maximum atomic E-state index is 11.1. The third-order valence-electron chi connectivity index (χ3n) is 2.57. The molecule has 0 fully saturated rings. The summed E-state index contributed by atoms with van der Waals surface area (Å²) in [5.74, 6) is -0.238. The van der Waals surface area contributed by atoms with E-state index in [1.807, 2.05) is 38.1 Å². The molecule has 0 heterocycles.